The minimum Gasteiger partial charge on any atom is -0.493 e. The molecule has 3 rings (SSSR count). The van der Waals surface area contributed by atoms with E-state index in [1.807, 2.05) is 27.7 Å². The lowest BCUT2D eigenvalue weighted by Gasteiger charge is -2.24. The topological polar surface area (TPSA) is 132 Å². The number of ether oxygens (including phenoxy) is 1. The van der Waals surface area contributed by atoms with E-state index in [9.17, 15) is 14.4 Å². The summed E-state index contributed by atoms with van der Waals surface area (Å²) in [5.41, 5.74) is 3.44. The second-order valence-corrected chi connectivity index (χ2v) is 9.40. The van der Waals surface area contributed by atoms with Crippen LogP contribution in [0.1, 0.15) is 65.1 Å². The summed E-state index contributed by atoms with van der Waals surface area (Å²) < 4.78 is 5.64. The Balaban J connectivity index is 0.00000456. The molecule has 36 heavy (non-hydrogen) atoms. The normalized spacial score (nSPS) is 12.5. The Morgan fingerprint density at radius 3 is 2.44 bits per heavy atom. The first-order valence-electron chi connectivity index (χ1n) is 11.4. The molecule has 10 heteroatoms. The predicted octanol–water partition coefficient (Wildman–Crippen LogP) is 3.84. The number of fused-ring (bicyclic) bond motifs is 1. The maximum Gasteiger partial charge on any atom is 0.322 e. The molecule has 0 fully saturated rings. The number of ketones is 1. The van der Waals surface area contributed by atoms with Crippen LogP contribution in [0.2, 0.25) is 0 Å². The van der Waals surface area contributed by atoms with Gasteiger partial charge in [0.1, 0.15) is 18.1 Å². The zero-order valence-corrected chi connectivity index (χ0v) is 22.9. The fourth-order valence-electron chi connectivity index (χ4n) is 4.08. The lowest BCUT2D eigenvalue weighted by molar-refractivity contribution is -0.134. The number of hydrogen-bond acceptors (Lipinski definition) is 6. The summed E-state index contributed by atoms with van der Waals surface area (Å²) in [7, 11) is 1.54. The molecule has 0 saturated carbocycles. The standard InChI is InChI=1S/C26H32N4O5.BrH/c1-6-35-22-10-16-13-30(24(27)17(16)11-18(22)25(34)28-5)14-21(31)15-7-8-20(29-12-23(32)33)19(9-15)26(2,3)4;/h7-11,27,29H,6,12-14H2,1-5H3,(H,28,34)(H,32,33);1H. The van der Waals surface area contributed by atoms with Gasteiger partial charge in [0.05, 0.1) is 18.7 Å². The van der Waals surface area contributed by atoms with Gasteiger partial charge in [-0.05, 0) is 53.8 Å². The van der Waals surface area contributed by atoms with Gasteiger partial charge in [-0.25, -0.2) is 0 Å². The molecule has 4 N–H and O–H groups in total. The van der Waals surface area contributed by atoms with E-state index < -0.39 is 5.97 Å². The molecule has 2 aromatic carbocycles. The van der Waals surface area contributed by atoms with Crippen LogP contribution in [0, 0.1) is 5.41 Å². The SMILES string of the molecule is Br.CCOc1cc2c(cc1C(=O)NC)C(=N)N(CC(=O)c1ccc(NCC(=O)O)c(C(C)(C)C)c1)C2. The Labute approximate surface area is 221 Å². The Kier molecular flexibility index (Phi) is 9.26. The number of aliphatic carboxylic acids is 1. The lowest BCUT2D eigenvalue weighted by Crippen LogP contribution is -2.30. The molecule has 1 amide bonds. The van der Waals surface area contributed by atoms with Crippen LogP contribution < -0.4 is 15.4 Å². The number of anilines is 1. The van der Waals surface area contributed by atoms with Gasteiger partial charge in [0.25, 0.3) is 5.91 Å². The molecule has 0 bridgehead atoms. The van der Waals surface area contributed by atoms with Gasteiger partial charge in [0.2, 0.25) is 0 Å². The Morgan fingerprint density at radius 2 is 1.86 bits per heavy atom. The van der Waals surface area contributed by atoms with Gasteiger partial charge in [-0.15, -0.1) is 17.0 Å². The van der Waals surface area contributed by atoms with Gasteiger partial charge in [0, 0.05) is 30.4 Å². The summed E-state index contributed by atoms with van der Waals surface area (Å²) >= 11 is 0. The Hall–Kier alpha value is -3.40. The molecule has 2 aromatic rings. The Morgan fingerprint density at radius 1 is 1.17 bits per heavy atom. The zero-order chi connectivity index (χ0) is 25.9. The van der Waals surface area contributed by atoms with E-state index in [2.05, 4.69) is 10.6 Å². The number of amides is 1. The number of nitrogens with zero attached hydrogens (tertiary/aromatic N) is 1. The minimum absolute atomic E-state index is 0. The van der Waals surface area contributed by atoms with E-state index in [-0.39, 0.29) is 53.0 Å². The number of Topliss-reactive ketones (excluding diaryl/α,β-unsaturated/α-hetero) is 1. The number of benzene rings is 2. The van der Waals surface area contributed by atoms with Gasteiger partial charge in [-0.2, -0.15) is 0 Å². The lowest BCUT2D eigenvalue weighted by atomic mass is 9.84. The van der Waals surface area contributed by atoms with Gasteiger partial charge < -0.3 is 25.4 Å². The molecule has 0 radical (unpaired) electrons. The van der Waals surface area contributed by atoms with Crippen LogP contribution in [0.25, 0.3) is 0 Å². The summed E-state index contributed by atoms with van der Waals surface area (Å²) in [5.74, 6) is -0.799. The van der Waals surface area contributed by atoms with Crippen molar-refractivity contribution in [2.75, 3.05) is 32.1 Å². The maximum absolute atomic E-state index is 13.2. The predicted molar refractivity (Wildman–Crippen MR) is 144 cm³/mol. The molecule has 1 aliphatic heterocycles. The average molecular weight is 561 g/mol. The third-order valence-electron chi connectivity index (χ3n) is 5.82. The molecular weight excluding hydrogens is 528 g/mol. The first-order valence-corrected chi connectivity index (χ1v) is 11.4. The van der Waals surface area contributed by atoms with Crippen LogP contribution in [0.5, 0.6) is 5.75 Å². The first-order chi connectivity index (χ1) is 16.5. The number of hydrogen-bond donors (Lipinski definition) is 4. The van der Waals surface area contributed by atoms with Gasteiger partial charge >= 0.3 is 5.97 Å². The quantitative estimate of drug-likeness (QED) is 0.342. The van der Waals surface area contributed by atoms with Crippen LogP contribution in [0.4, 0.5) is 5.69 Å². The third kappa shape index (κ3) is 6.23. The summed E-state index contributed by atoms with van der Waals surface area (Å²) in [5, 5.41) is 23.1. The first kappa shape index (κ1) is 28.8. The number of carbonyl (C=O) groups excluding carboxylic acids is 2. The highest BCUT2D eigenvalue weighted by atomic mass is 79.9. The number of rotatable bonds is 9. The van der Waals surface area contributed by atoms with Crippen molar-refractivity contribution in [3.8, 4) is 5.75 Å². The summed E-state index contributed by atoms with van der Waals surface area (Å²) in [6.45, 7) is 8.36. The number of halogens is 1. The van der Waals surface area contributed by atoms with Gasteiger partial charge in [-0.3, -0.25) is 19.8 Å². The molecule has 0 aromatic heterocycles. The number of carbonyl (C=O) groups is 3. The molecule has 0 saturated heterocycles. The number of amidine groups is 1. The summed E-state index contributed by atoms with van der Waals surface area (Å²) in [4.78, 5) is 38.2. The molecule has 9 nitrogen and oxygen atoms in total. The van der Waals surface area contributed by atoms with Crippen LogP contribution in [0.3, 0.4) is 0 Å². The van der Waals surface area contributed by atoms with Crippen LogP contribution in [-0.2, 0) is 16.8 Å². The zero-order valence-electron chi connectivity index (χ0n) is 21.2. The van der Waals surface area contributed by atoms with Crippen molar-refractivity contribution in [2.24, 2.45) is 0 Å². The molecule has 0 spiro atoms. The fraction of sp³-hybridized carbons (Fsp3) is 0.385. The maximum atomic E-state index is 13.2. The van der Waals surface area contributed by atoms with E-state index in [0.717, 1.165) is 11.1 Å². The van der Waals surface area contributed by atoms with E-state index >= 15 is 0 Å². The smallest absolute Gasteiger partial charge is 0.322 e. The third-order valence-corrected chi connectivity index (χ3v) is 5.82. The average Bonchev–Trinajstić information content (AvgIpc) is 3.10. The van der Waals surface area contributed by atoms with Crippen molar-refractivity contribution in [3.05, 3.63) is 58.1 Å². The summed E-state index contributed by atoms with van der Waals surface area (Å²) in [6.07, 6.45) is 0. The van der Waals surface area contributed by atoms with Crippen molar-refractivity contribution in [1.29, 1.82) is 5.41 Å². The van der Waals surface area contributed by atoms with Crippen LogP contribution >= 0.6 is 17.0 Å². The van der Waals surface area contributed by atoms with Crippen molar-refractivity contribution in [1.82, 2.24) is 10.2 Å². The van der Waals surface area contributed by atoms with Crippen molar-refractivity contribution in [2.45, 2.75) is 39.7 Å². The Bertz CT molecular complexity index is 1190. The molecular formula is C26H33BrN4O5. The highest BCUT2D eigenvalue weighted by Gasteiger charge is 2.29. The van der Waals surface area contributed by atoms with Gasteiger partial charge in [0.15, 0.2) is 5.78 Å². The molecule has 0 unspecified atom stereocenters. The number of carboxylic acid groups (broad SMARTS) is 1. The van der Waals surface area contributed by atoms with Crippen molar-refractivity contribution in [3.63, 3.8) is 0 Å². The van der Waals surface area contributed by atoms with Crippen molar-refractivity contribution >= 4 is 46.2 Å². The van der Waals surface area contributed by atoms with E-state index in [4.69, 9.17) is 15.3 Å². The molecule has 1 heterocycles. The largest absolute Gasteiger partial charge is 0.493 e. The number of carboxylic acids is 1. The van der Waals surface area contributed by atoms with Crippen LogP contribution in [-0.4, -0.2) is 60.2 Å². The minimum atomic E-state index is -0.968. The molecule has 0 atom stereocenters. The van der Waals surface area contributed by atoms with E-state index in [0.29, 0.717) is 41.3 Å². The fourth-order valence-corrected chi connectivity index (χ4v) is 4.08. The molecule has 0 aliphatic carbocycles. The van der Waals surface area contributed by atoms with E-state index in [1.165, 1.54) is 7.05 Å². The molecule has 1 aliphatic rings. The van der Waals surface area contributed by atoms with Crippen molar-refractivity contribution < 1.29 is 24.2 Å². The number of nitrogens with one attached hydrogen (secondary N) is 3. The van der Waals surface area contributed by atoms with Gasteiger partial charge in [-0.1, -0.05) is 20.8 Å². The highest BCUT2D eigenvalue weighted by Crippen LogP contribution is 2.32. The summed E-state index contributed by atoms with van der Waals surface area (Å²) in [6, 6.07) is 8.60. The van der Waals surface area contributed by atoms with Crippen LogP contribution in [0.15, 0.2) is 30.3 Å². The second kappa shape index (κ2) is 11.6. The highest BCUT2D eigenvalue weighted by molar-refractivity contribution is 8.93. The second-order valence-electron chi connectivity index (χ2n) is 9.40. The molecule has 194 valence electrons. The monoisotopic (exact) mass is 560 g/mol. The van der Waals surface area contributed by atoms with E-state index in [1.54, 1.807) is 35.2 Å².